The minimum absolute atomic E-state index is 0.00720. The number of nitrogens with one attached hydrogen (secondary N) is 3. The maximum absolute atomic E-state index is 12.5. The number of likely N-dealkylation sites (tertiary alicyclic amines) is 1. The number of anilines is 2. The van der Waals surface area contributed by atoms with Crippen molar-refractivity contribution in [2.45, 2.75) is 25.9 Å². The summed E-state index contributed by atoms with van der Waals surface area (Å²) in [5, 5.41) is 37.5. The van der Waals surface area contributed by atoms with Gasteiger partial charge in [0.05, 0.1) is 18.1 Å². The van der Waals surface area contributed by atoms with Crippen molar-refractivity contribution < 1.29 is 24.5 Å². The Morgan fingerprint density at radius 1 is 1.20 bits per heavy atom. The van der Waals surface area contributed by atoms with Crippen molar-refractivity contribution in [1.29, 1.82) is 10.8 Å². The van der Waals surface area contributed by atoms with Gasteiger partial charge in [-0.1, -0.05) is 0 Å². The predicted octanol–water partition coefficient (Wildman–Crippen LogP) is 2.29. The summed E-state index contributed by atoms with van der Waals surface area (Å²) >= 11 is 0. The summed E-state index contributed by atoms with van der Waals surface area (Å²) in [6.45, 7) is 2.99. The molecule has 0 aliphatic carbocycles. The summed E-state index contributed by atoms with van der Waals surface area (Å²) < 4.78 is 5.98. The fourth-order valence-corrected chi connectivity index (χ4v) is 3.81. The largest absolute Gasteiger partial charge is 0.506 e. The van der Waals surface area contributed by atoms with E-state index in [1.807, 2.05) is 4.90 Å². The van der Waals surface area contributed by atoms with Gasteiger partial charge in [-0.05, 0) is 43.3 Å². The second kappa shape index (κ2) is 10.8. The maximum atomic E-state index is 12.5. The van der Waals surface area contributed by atoms with Gasteiger partial charge in [0, 0.05) is 44.2 Å². The Morgan fingerprint density at radius 3 is 2.49 bits per heavy atom. The highest BCUT2D eigenvalue weighted by atomic mass is 16.5. The third-order valence-electron chi connectivity index (χ3n) is 5.81. The molecule has 186 valence electrons. The van der Waals surface area contributed by atoms with E-state index >= 15 is 0 Å². The zero-order valence-corrected chi connectivity index (χ0v) is 19.7. The normalized spacial score (nSPS) is 13.7. The number of phenols is 1. The van der Waals surface area contributed by atoms with E-state index in [2.05, 4.69) is 5.32 Å². The molecule has 11 heteroatoms. The maximum Gasteiger partial charge on any atom is 0.339 e. The molecule has 3 rings (SSSR count). The van der Waals surface area contributed by atoms with Crippen molar-refractivity contribution in [3.8, 4) is 11.5 Å². The molecule has 0 radical (unpaired) electrons. The van der Waals surface area contributed by atoms with Crippen molar-refractivity contribution in [1.82, 2.24) is 4.90 Å². The summed E-state index contributed by atoms with van der Waals surface area (Å²) in [6, 6.07) is 8.93. The number of hydrogen-bond donors (Lipinski definition) is 6. The molecule has 0 aromatic heterocycles. The average Bonchev–Trinajstić information content (AvgIpc) is 2.80. The van der Waals surface area contributed by atoms with Gasteiger partial charge < -0.3 is 35.8 Å². The lowest BCUT2D eigenvalue weighted by Gasteiger charge is -2.33. The van der Waals surface area contributed by atoms with Crippen molar-refractivity contribution in [3.63, 3.8) is 0 Å². The number of nitrogens with two attached hydrogens (primary N) is 1. The van der Waals surface area contributed by atoms with Crippen LogP contribution in [0.2, 0.25) is 0 Å². The van der Waals surface area contributed by atoms with Gasteiger partial charge in [-0.2, -0.15) is 0 Å². The molecule has 35 heavy (non-hydrogen) atoms. The number of phenolic OH excluding ortho intramolecular Hbond substituents is 1. The zero-order chi connectivity index (χ0) is 25.7. The molecule has 1 aliphatic rings. The molecule has 1 aliphatic heterocycles. The van der Waals surface area contributed by atoms with Crippen LogP contribution in [0.5, 0.6) is 11.5 Å². The summed E-state index contributed by atoms with van der Waals surface area (Å²) in [5.74, 6) is -1.19. The Balaban J connectivity index is 1.67. The van der Waals surface area contributed by atoms with Gasteiger partial charge in [0.15, 0.2) is 0 Å². The first-order valence-electron chi connectivity index (χ1n) is 11.1. The van der Waals surface area contributed by atoms with E-state index in [0.717, 1.165) is 0 Å². The number of likely N-dealkylation sites (N-methyl/N-ethyl adjacent to an activating group) is 1. The van der Waals surface area contributed by atoms with Crippen LogP contribution >= 0.6 is 0 Å². The number of benzene rings is 2. The van der Waals surface area contributed by atoms with Crippen LogP contribution in [-0.2, 0) is 4.79 Å². The number of aromatic carboxylic acids is 1. The van der Waals surface area contributed by atoms with Crippen LogP contribution in [0, 0.1) is 10.8 Å². The number of amides is 1. The first-order chi connectivity index (χ1) is 16.5. The van der Waals surface area contributed by atoms with E-state index in [-0.39, 0.29) is 41.2 Å². The average molecular weight is 483 g/mol. The Morgan fingerprint density at radius 2 is 1.89 bits per heavy atom. The van der Waals surface area contributed by atoms with E-state index < -0.39 is 11.9 Å². The predicted molar refractivity (Wildman–Crippen MR) is 133 cm³/mol. The van der Waals surface area contributed by atoms with E-state index in [4.69, 9.17) is 21.3 Å². The number of ether oxygens (including phenoxy) is 1. The first-order valence-corrected chi connectivity index (χ1v) is 11.1. The lowest BCUT2D eigenvalue weighted by atomic mass is 10.1. The van der Waals surface area contributed by atoms with Gasteiger partial charge in [0.1, 0.15) is 29.0 Å². The highest BCUT2D eigenvalue weighted by molar-refractivity contribution is 6.00. The number of nitrogens with zero attached hydrogens (tertiary/aromatic N) is 2. The molecular weight excluding hydrogens is 452 g/mol. The summed E-state index contributed by atoms with van der Waals surface area (Å²) in [6.07, 6.45) is 1.24. The number of amidine groups is 2. The molecule has 1 fully saturated rings. The molecule has 0 saturated carbocycles. The smallest absolute Gasteiger partial charge is 0.339 e. The van der Waals surface area contributed by atoms with Crippen LogP contribution < -0.4 is 20.7 Å². The third kappa shape index (κ3) is 6.40. The standard InChI is InChI=1S/C24H30N6O5/c1-14(25)30-9-7-17(8-10-30)35-21-6-4-16(12-18(21)24(33)34)29(2)13-22(32)28-19-11-15(23(26)27)3-5-20(19)31/h3-6,11-12,17,25,31H,7-10,13H2,1-2H3,(H3,26,27)(H,28,32)(H,33,34). The van der Waals surface area contributed by atoms with Gasteiger partial charge in [-0.15, -0.1) is 0 Å². The molecule has 1 saturated heterocycles. The molecule has 0 spiro atoms. The van der Waals surface area contributed by atoms with E-state index in [1.165, 1.54) is 24.3 Å². The monoisotopic (exact) mass is 482 g/mol. The Kier molecular flexibility index (Phi) is 7.80. The van der Waals surface area contributed by atoms with Gasteiger partial charge in [0.25, 0.3) is 0 Å². The molecular formula is C24H30N6O5. The van der Waals surface area contributed by atoms with E-state index in [0.29, 0.717) is 43.0 Å². The molecule has 1 amide bonds. The van der Waals surface area contributed by atoms with Crippen LogP contribution in [0.15, 0.2) is 36.4 Å². The minimum Gasteiger partial charge on any atom is -0.506 e. The zero-order valence-electron chi connectivity index (χ0n) is 19.7. The number of carboxylic acid groups (broad SMARTS) is 1. The SMILES string of the molecule is CC(=N)N1CCC(Oc2ccc(N(C)CC(=O)Nc3cc(C(=N)N)ccc3O)cc2C(=O)O)CC1. The topological polar surface area (TPSA) is 176 Å². The number of nitrogen functional groups attached to an aromatic ring is 1. The second-order valence-corrected chi connectivity index (χ2v) is 8.43. The van der Waals surface area contributed by atoms with Crippen LogP contribution in [0.4, 0.5) is 11.4 Å². The van der Waals surface area contributed by atoms with Gasteiger partial charge in [0.2, 0.25) is 5.91 Å². The summed E-state index contributed by atoms with van der Waals surface area (Å²) in [7, 11) is 1.64. The number of carbonyl (C=O) groups is 2. The van der Waals surface area contributed by atoms with Crippen LogP contribution in [-0.4, -0.2) is 71.4 Å². The van der Waals surface area contributed by atoms with Crippen molar-refractivity contribution in [2.75, 3.05) is 36.9 Å². The molecule has 0 atom stereocenters. The number of carbonyl (C=O) groups excluding carboxylic acids is 1. The third-order valence-corrected chi connectivity index (χ3v) is 5.81. The van der Waals surface area contributed by atoms with Crippen molar-refractivity contribution >= 4 is 34.9 Å². The van der Waals surface area contributed by atoms with Gasteiger partial charge >= 0.3 is 5.97 Å². The van der Waals surface area contributed by atoms with E-state index in [1.54, 1.807) is 31.0 Å². The highest BCUT2D eigenvalue weighted by Crippen LogP contribution is 2.28. The lowest BCUT2D eigenvalue weighted by Crippen LogP contribution is -2.40. The highest BCUT2D eigenvalue weighted by Gasteiger charge is 2.23. The summed E-state index contributed by atoms with van der Waals surface area (Å²) in [5.41, 5.74) is 6.43. The Bertz CT molecular complexity index is 1140. The van der Waals surface area contributed by atoms with E-state index in [9.17, 15) is 19.8 Å². The fraction of sp³-hybridized carbons (Fsp3) is 0.333. The molecule has 11 nitrogen and oxygen atoms in total. The first kappa shape index (κ1) is 25.3. The molecule has 0 unspecified atom stereocenters. The van der Waals surface area contributed by atoms with Crippen molar-refractivity contribution in [2.24, 2.45) is 5.73 Å². The van der Waals surface area contributed by atoms with Crippen LogP contribution in [0.3, 0.4) is 0 Å². The Hall–Kier alpha value is -4.28. The summed E-state index contributed by atoms with van der Waals surface area (Å²) in [4.78, 5) is 28.0. The van der Waals surface area contributed by atoms with Crippen LogP contribution in [0.1, 0.15) is 35.7 Å². The fourth-order valence-electron chi connectivity index (χ4n) is 3.81. The number of hydrogen-bond acceptors (Lipinski definition) is 7. The van der Waals surface area contributed by atoms with Gasteiger partial charge in [-0.3, -0.25) is 15.6 Å². The lowest BCUT2D eigenvalue weighted by molar-refractivity contribution is -0.114. The molecule has 0 bridgehead atoms. The number of piperidine rings is 1. The number of aromatic hydroxyl groups is 1. The number of carboxylic acids is 1. The Labute approximate surface area is 203 Å². The van der Waals surface area contributed by atoms with Gasteiger partial charge in [-0.25, -0.2) is 4.79 Å². The molecule has 1 heterocycles. The molecule has 2 aromatic rings. The molecule has 7 N–H and O–H groups in total. The quantitative estimate of drug-likeness (QED) is 0.189. The number of rotatable bonds is 8. The second-order valence-electron chi connectivity index (χ2n) is 8.43. The molecule has 2 aromatic carbocycles. The van der Waals surface area contributed by atoms with Crippen LogP contribution in [0.25, 0.3) is 0 Å². The van der Waals surface area contributed by atoms with Crippen molar-refractivity contribution in [3.05, 3.63) is 47.5 Å². The minimum atomic E-state index is -1.14.